The highest BCUT2D eigenvalue weighted by atomic mass is 32.3. The summed E-state index contributed by atoms with van der Waals surface area (Å²) in [6.45, 7) is 0. The van der Waals surface area contributed by atoms with Gasteiger partial charge in [0.15, 0.2) is 6.10 Å². The topological polar surface area (TPSA) is 107 Å². The van der Waals surface area contributed by atoms with E-state index in [1.54, 1.807) is 6.07 Å². The molecule has 0 spiro atoms. The summed E-state index contributed by atoms with van der Waals surface area (Å²) < 4.78 is 57.7. The second-order valence-electron chi connectivity index (χ2n) is 4.82. The average molecular weight is 349 g/mol. The Bertz CT molecular complexity index is 782. The van der Waals surface area contributed by atoms with Gasteiger partial charge in [0.2, 0.25) is 20.0 Å². The zero-order valence-electron chi connectivity index (χ0n) is 12.1. The van der Waals surface area contributed by atoms with Crippen LogP contribution in [-0.2, 0) is 36.0 Å². The molecule has 1 heterocycles. The van der Waals surface area contributed by atoms with E-state index >= 15 is 0 Å². The number of sulfonamides is 2. The third-order valence-electron chi connectivity index (χ3n) is 3.00. The van der Waals surface area contributed by atoms with Crippen molar-refractivity contribution in [1.82, 2.24) is 0 Å². The van der Waals surface area contributed by atoms with E-state index in [1.165, 1.54) is 19.2 Å². The lowest BCUT2D eigenvalue weighted by Gasteiger charge is -2.21. The fraction of sp³-hybridized carbons (Fsp3) is 0.417. The van der Waals surface area contributed by atoms with Gasteiger partial charge in [-0.2, -0.15) is 3.71 Å². The summed E-state index contributed by atoms with van der Waals surface area (Å²) in [5.41, 5.74) is 0.388. The normalized spacial score (nSPS) is 17.5. The molecule has 0 aliphatic carbocycles. The monoisotopic (exact) mass is 349 g/mol. The van der Waals surface area contributed by atoms with E-state index in [9.17, 15) is 21.6 Å². The lowest BCUT2D eigenvalue weighted by atomic mass is 10.1. The zero-order chi connectivity index (χ0) is 16.7. The van der Waals surface area contributed by atoms with Crippen LogP contribution in [0.2, 0.25) is 0 Å². The maximum absolute atomic E-state index is 11.8. The van der Waals surface area contributed by atoms with Crippen molar-refractivity contribution in [3.05, 3.63) is 23.8 Å². The molecule has 0 amide bonds. The summed E-state index contributed by atoms with van der Waals surface area (Å²) in [6, 6.07) is 4.44. The first kappa shape index (κ1) is 16.6. The van der Waals surface area contributed by atoms with Crippen molar-refractivity contribution in [3.63, 3.8) is 0 Å². The van der Waals surface area contributed by atoms with Crippen molar-refractivity contribution in [2.24, 2.45) is 0 Å². The highest BCUT2D eigenvalue weighted by Crippen LogP contribution is 2.40. The number of para-hydroxylation sites is 1. The van der Waals surface area contributed by atoms with Crippen LogP contribution in [0, 0.1) is 0 Å². The SMILES string of the molecule is COC(=O)C1Cc2cccc(N(S(C)(=O)=O)S(C)(=O)=O)c2O1. The highest BCUT2D eigenvalue weighted by molar-refractivity contribution is 8.09. The van der Waals surface area contributed by atoms with Crippen molar-refractivity contribution < 1.29 is 31.1 Å². The van der Waals surface area contributed by atoms with E-state index in [4.69, 9.17) is 4.74 Å². The number of rotatable bonds is 4. The molecule has 0 bridgehead atoms. The Morgan fingerprint density at radius 2 is 1.82 bits per heavy atom. The highest BCUT2D eigenvalue weighted by Gasteiger charge is 2.37. The Morgan fingerprint density at radius 3 is 2.32 bits per heavy atom. The van der Waals surface area contributed by atoms with E-state index < -0.39 is 32.1 Å². The van der Waals surface area contributed by atoms with Crippen LogP contribution in [0.25, 0.3) is 0 Å². The van der Waals surface area contributed by atoms with Gasteiger partial charge in [-0.05, 0) is 6.07 Å². The fourth-order valence-corrected chi connectivity index (χ4v) is 5.23. The number of carbonyl (C=O) groups is 1. The molecule has 0 fully saturated rings. The van der Waals surface area contributed by atoms with Crippen LogP contribution in [0.1, 0.15) is 5.56 Å². The van der Waals surface area contributed by atoms with Gasteiger partial charge in [0.1, 0.15) is 11.4 Å². The zero-order valence-corrected chi connectivity index (χ0v) is 13.8. The first-order valence-electron chi connectivity index (χ1n) is 6.12. The van der Waals surface area contributed by atoms with Crippen LogP contribution >= 0.6 is 0 Å². The molecule has 0 saturated carbocycles. The molecule has 2 rings (SSSR count). The Morgan fingerprint density at radius 1 is 1.23 bits per heavy atom. The van der Waals surface area contributed by atoms with Gasteiger partial charge in [-0.1, -0.05) is 12.1 Å². The maximum Gasteiger partial charge on any atom is 0.347 e. The molecule has 1 aliphatic rings. The number of nitrogens with zero attached hydrogens (tertiary/aromatic N) is 1. The number of carbonyl (C=O) groups excluding carboxylic acids is 1. The summed E-state index contributed by atoms with van der Waals surface area (Å²) in [7, 11) is -6.98. The molecule has 1 unspecified atom stereocenters. The third-order valence-corrected chi connectivity index (χ3v) is 6.23. The van der Waals surface area contributed by atoms with E-state index in [2.05, 4.69) is 4.74 Å². The van der Waals surface area contributed by atoms with Gasteiger partial charge in [-0.25, -0.2) is 21.6 Å². The van der Waals surface area contributed by atoms with Crippen molar-refractivity contribution >= 4 is 31.7 Å². The minimum absolute atomic E-state index is 0.0498. The van der Waals surface area contributed by atoms with Gasteiger partial charge in [0, 0.05) is 12.0 Å². The lowest BCUT2D eigenvalue weighted by molar-refractivity contribution is -0.147. The van der Waals surface area contributed by atoms with E-state index in [0.717, 1.165) is 12.5 Å². The fourth-order valence-electron chi connectivity index (χ4n) is 2.26. The maximum atomic E-state index is 11.8. The Hall–Kier alpha value is -1.81. The van der Waals surface area contributed by atoms with Crippen molar-refractivity contribution in [3.8, 4) is 5.75 Å². The second-order valence-corrected chi connectivity index (χ2v) is 8.72. The van der Waals surface area contributed by atoms with Gasteiger partial charge in [0.05, 0.1) is 19.6 Å². The number of anilines is 1. The predicted molar refractivity (Wildman–Crippen MR) is 78.7 cm³/mol. The molecule has 22 heavy (non-hydrogen) atoms. The lowest BCUT2D eigenvalue weighted by Crippen LogP contribution is -2.35. The summed E-state index contributed by atoms with van der Waals surface area (Å²) in [6.07, 6.45) is 0.805. The number of methoxy groups -OCH3 is 1. The molecule has 1 aromatic carbocycles. The molecule has 1 aliphatic heterocycles. The van der Waals surface area contributed by atoms with Crippen molar-refractivity contribution in [2.75, 3.05) is 23.3 Å². The molecule has 0 aromatic heterocycles. The smallest absolute Gasteiger partial charge is 0.347 e. The standard InChI is InChI=1S/C12H15NO7S2/c1-19-12(14)10-7-8-5-4-6-9(11(8)20-10)13(21(2,15)16)22(3,17)18/h4-6,10H,7H2,1-3H3. The first-order chi connectivity index (χ1) is 10.1. The van der Waals surface area contributed by atoms with Crippen LogP contribution in [0.3, 0.4) is 0 Å². The number of ether oxygens (including phenoxy) is 2. The quantitative estimate of drug-likeness (QED) is 0.698. The summed E-state index contributed by atoms with van der Waals surface area (Å²) >= 11 is 0. The minimum atomic E-state index is -4.09. The van der Waals surface area contributed by atoms with Crippen LogP contribution in [0.5, 0.6) is 5.75 Å². The number of hydrogen-bond donors (Lipinski definition) is 0. The van der Waals surface area contributed by atoms with E-state index in [-0.39, 0.29) is 17.9 Å². The molecule has 1 atom stereocenters. The molecule has 10 heteroatoms. The molecule has 8 nitrogen and oxygen atoms in total. The summed E-state index contributed by atoms with van der Waals surface area (Å²) in [5, 5.41) is 0. The molecule has 0 N–H and O–H groups in total. The van der Waals surface area contributed by atoms with E-state index in [0.29, 0.717) is 9.27 Å². The van der Waals surface area contributed by atoms with Crippen LogP contribution in [0.15, 0.2) is 18.2 Å². The molecule has 1 aromatic rings. The summed E-state index contributed by atoms with van der Waals surface area (Å²) in [5.74, 6) is -0.568. The van der Waals surface area contributed by atoms with Gasteiger partial charge < -0.3 is 9.47 Å². The molecule has 0 radical (unpaired) electrons. The van der Waals surface area contributed by atoms with Crippen LogP contribution in [0.4, 0.5) is 5.69 Å². The number of hydrogen-bond acceptors (Lipinski definition) is 7. The molecular formula is C12H15NO7S2. The minimum Gasteiger partial charge on any atom is -0.476 e. The number of esters is 1. The Labute approximate surface area is 128 Å². The van der Waals surface area contributed by atoms with Crippen LogP contribution in [-0.4, -0.2) is 48.5 Å². The molecule has 122 valence electrons. The van der Waals surface area contributed by atoms with Crippen molar-refractivity contribution in [2.45, 2.75) is 12.5 Å². The Kier molecular flexibility index (Phi) is 4.09. The van der Waals surface area contributed by atoms with Crippen molar-refractivity contribution in [1.29, 1.82) is 0 Å². The van der Waals surface area contributed by atoms with Gasteiger partial charge in [-0.3, -0.25) is 0 Å². The second kappa shape index (κ2) is 5.43. The van der Waals surface area contributed by atoms with Gasteiger partial charge >= 0.3 is 5.97 Å². The van der Waals surface area contributed by atoms with Gasteiger partial charge in [0.25, 0.3) is 0 Å². The number of benzene rings is 1. The van der Waals surface area contributed by atoms with E-state index in [1.807, 2.05) is 0 Å². The molecule has 0 saturated heterocycles. The summed E-state index contributed by atoms with van der Waals surface area (Å²) in [4.78, 5) is 11.6. The van der Waals surface area contributed by atoms with Gasteiger partial charge in [-0.15, -0.1) is 0 Å². The number of fused-ring (bicyclic) bond motifs is 1. The molecular weight excluding hydrogens is 334 g/mol. The first-order valence-corrected chi connectivity index (χ1v) is 9.82. The average Bonchev–Trinajstić information content (AvgIpc) is 2.79. The van der Waals surface area contributed by atoms with Crippen LogP contribution < -0.4 is 8.45 Å². The largest absolute Gasteiger partial charge is 0.476 e. The Balaban J connectivity index is 2.57. The predicted octanol–water partition coefficient (Wildman–Crippen LogP) is -0.111. The third kappa shape index (κ3) is 3.02.